The van der Waals surface area contributed by atoms with Crippen molar-refractivity contribution in [3.05, 3.63) is 56.4 Å². The number of rotatable bonds is 3. The lowest BCUT2D eigenvalue weighted by molar-refractivity contribution is 0.0940. The molecule has 94 valence electrons. The number of hydrogen-bond acceptors (Lipinski definition) is 2. The van der Waals surface area contributed by atoms with Crippen LogP contribution in [0.15, 0.2) is 40.2 Å². The molecule has 0 fully saturated rings. The molecule has 1 heterocycles. The Hall–Kier alpha value is -1.20. The highest BCUT2D eigenvalue weighted by Crippen LogP contribution is 2.20. The predicted molar refractivity (Wildman–Crippen MR) is 74.3 cm³/mol. The summed E-state index contributed by atoms with van der Waals surface area (Å²) in [5.41, 5.74) is 0.437. The van der Waals surface area contributed by atoms with Gasteiger partial charge in [-0.15, -0.1) is 11.3 Å². The molecule has 1 unspecified atom stereocenters. The first kappa shape index (κ1) is 13.2. The number of nitrogens with one attached hydrogen (secondary N) is 1. The minimum Gasteiger partial charge on any atom is -0.345 e. The Morgan fingerprint density at radius 1 is 1.44 bits per heavy atom. The van der Waals surface area contributed by atoms with Crippen LogP contribution < -0.4 is 5.32 Å². The van der Waals surface area contributed by atoms with Crippen LogP contribution in [0.25, 0.3) is 0 Å². The van der Waals surface area contributed by atoms with Crippen molar-refractivity contribution in [2.24, 2.45) is 0 Å². The van der Waals surface area contributed by atoms with Crippen molar-refractivity contribution in [2.75, 3.05) is 0 Å². The molecule has 1 aromatic carbocycles. The average molecular weight is 328 g/mol. The maximum atomic E-state index is 13.1. The summed E-state index contributed by atoms with van der Waals surface area (Å²) < 4.78 is 13.4. The highest BCUT2D eigenvalue weighted by atomic mass is 79.9. The molecule has 18 heavy (non-hydrogen) atoms. The van der Waals surface area contributed by atoms with Crippen molar-refractivity contribution in [3.63, 3.8) is 0 Å². The van der Waals surface area contributed by atoms with Gasteiger partial charge in [-0.25, -0.2) is 4.39 Å². The summed E-state index contributed by atoms with van der Waals surface area (Å²) in [6.07, 6.45) is 0. The highest BCUT2D eigenvalue weighted by Gasteiger charge is 2.13. The van der Waals surface area contributed by atoms with E-state index in [1.54, 1.807) is 11.3 Å². The second-order valence-corrected chi connectivity index (χ2v) is 5.67. The molecular weight excluding hydrogens is 317 g/mol. The third-order valence-electron chi connectivity index (χ3n) is 2.50. The van der Waals surface area contributed by atoms with Crippen LogP contribution in [0, 0.1) is 5.82 Å². The summed E-state index contributed by atoms with van der Waals surface area (Å²) in [7, 11) is 0. The summed E-state index contributed by atoms with van der Waals surface area (Å²) in [6, 6.07) is 8.08. The van der Waals surface area contributed by atoms with Gasteiger partial charge in [0.2, 0.25) is 0 Å². The van der Waals surface area contributed by atoms with Crippen molar-refractivity contribution < 1.29 is 9.18 Å². The predicted octanol–water partition coefficient (Wildman–Crippen LogP) is 4.14. The van der Waals surface area contributed by atoms with Crippen LogP contribution in [0.2, 0.25) is 0 Å². The summed E-state index contributed by atoms with van der Waals surface area (Å²) in [5.74, 6) is -0.588. The molecule has 0 aliphatic heterocycles. The van der Waals surface area contributed by atoms with Crippen molar-refractivity contribution >= 4 is 33.2 Å². The van der Waals surface area contributed by atoms with E-state index in [2.05, 4.69) is 21.2 Å². The SMILES string of the molecule is CC(NC(=O)c1ccc(F)c(Br)c1)c1cccs1. The maximum absolute atomic E-state index is 13.1. The average Bonchev–Trinajstić information content (AvgIpc) is 2.86. The lowest BCUT2D eigenvalue weighted by atomic mass is 10.2. The van der Waals surface area contributed by atoms with Gasteiger partial charge in [0, 0.05) is 10.4 Å². The van der Waals surface area contributed by atoms with Crippen molar-refractivity contribution in [1.29, 1.82) is 0 Å². The van der Waals surface area contributed by atoms with Gasteiger partial charge in [0.15, 0.2) is 0 Å². The lowest BCUT2D eigenvalue weighted by Crippen LogP contribution is -2.26. The second-order valence-electron chi connectivity index (χ2n) is 3.84. The number of amides is 1. The number of thiophene rings is 1. The molecule has 0 bridgehead atoms. The Bertz CT molecular complexity index is 556. The Morgan fingerprint density at radius 2 is 2.22 bits per heavy atom. The largest absolute Gasteiger partial charge is 0.345 e. The monoisotopic (exact) mass is 327 g/mol. The molecule has 1 atom stereocenters. The van der Waals surface area contributed by atoms with Crippen LogP contribution in [-0.2, 0) is 0 Å². The maximum Gasteiger partial charge on any atom is 0.251 e. The fraction of sp³-hybridized carbons (Fsp3) is 0.154. The fourth-order valence-electron chi connectivity index (χ4n) is 1.53. The fourth-order valence-corrected chi connectivity index (χ4v) is 2.64. The Kier molecular flexibility index (Phi) is 4.14. The third-order valence-corrected chi connectivity index (χ3v) is 4.16. The zero-order valence-corrected chi connectivity index (χ0v) is 12.0. The van der Waals surface area contributed by atoms with Crippen LogP contribution in [0.5, 0.6) is 0 Å². The molecule has 0 spiro atoms. The van der Waals surface area contributed by atoms with E-state index in [9.17, 15) is 9.18 Å². The summed E-state index contributed by atoms with van der Waals surface area (Å²) >= 11 is 4.66. The molecule has 2 rings (SSSR count). The van der Waals surface area contributed by atoms with E-state index in [1.807, 2.05) is 24.4 Å². The molecule has 5 heteroatoms. The molecule has 1 aromatic heterocycles. The zero-order chi connectivity index (χ0) is 13.1. The number of benzene rings is 1. The summed E-state index contributed by atoms with van der Waals surface area (Å²) in [6.45, 7) is 1.92. The van der Waals surface area contributed by atoms with Gasteiger partial charge in [-0.3, -0.25) is 4.79 Å². The van der Waals surface area contributed by atoms with E-state index in [-0.39, 0.29) is 17.8 Å². The Balaban J connectivity index is 2.10. The van der Waals surface area contributed by atoms with E-state index in [4.69, 9.17) is 0 Å². The molecule has 2 aromatic rings. The van der Waals surface area contributed by atoms with E-state index in [0.717, 1.165) is 4.88 Å². The number of hydrogen-bond donors (Lipinski definition) is 1. The van der Waals surface area contributed by atoms with Crippen LogP contribution in [0.1, 0.15) is 28.2 Å². The van der Waals surface area contributed by atoms with Crippen molar-refractivity contribution in [2.45, 2.75) is 13.0 Å². The lowest BCUT2D eigenvalue weighted by Gasteiger charge is -2.12. The molecule has 1 amide bonds. The van der Waals surface area contributed by atoms with E-state index in [0.29, 0.717) is 10.0 Å². The molecule has 0 saturated carbocycles. The van der Waals surface area contributed by atoms with E-state index >= 15 is 0 Å². The summed E-state index contributed by atoms with van der Waals surface area (Å²) in [4.78, 5) is 13.1. The molecule has 0 saturated heterocycles. The third kappa shape index (κ3) is 2.97. The minimum absolute atomic E-state index is 0.0543. The van der Waals surface area contributed by atoms with Crippen LogP contribution in [-0.4, -0.2) is 5.91 Å². The van der Waals surface area contributed by atoms with Gasteiger partial charge < -0.3 is 5.32 Å². The van der Waals surface area contributed by atoms with Crippen LogP contribution >= 0.6 is 27.3 Å². The van der Waals surface area contributed by atoms with Gasteiger partial charge in [0.05, 0.1) is 10.5 Å². The highest BCUT2D eigenvalue weighted by molar-refractivity contribution is 9.10. The first-order valence-corrected chi connectivity index (χ1v) is 7.04. The molecule has 1 N–H and O–H groups in total. The molecule has 0 radical (unpaired) electrons. The summed E-state index contributed by atoms with van der Waals surface area (Å²) in [5, 5.41) is 4.84. The minimum atomic E-state index is -0.377. The second kappa shape index (κ2) is 5.63. The van der Waals surface area contributed by atoms with E-state index < -0.39 is 0 Å². The normalized spacial score (nSPS) is 12.2. The first-order valence-electron chi connectivity index (χ1n) is 5.37. The van der Waals surface area contributed by atoms with Gasteiger partial charge >= 0.3 is 0 Å². The topological polar surface area (TPSA) is 29.1 Å². The van der Waals surface area contributed by atoms with Gasteiger partial charge in [-0.2, -0.15) is 0 Å². The number of carbonyl (C=O) groups excluding carboxylic acids is 1. The Morgan fingerprint density at radius 3 is 2.83 bits per heavy atom. The van der Waals surface area contributed by atoms with Gasteiger partial charge in [-0.05, 0) is 52.5 Å². The number of carbonyl (C=O) groups is 1. The molecule has 2 nitrogen and oxygen atoms in total. The zero-order valence-electron chi connectivity index (χ0n) is 9.61. The van der Waals surface area contributed by atoms with Gasteiger partial charge in [0.25, 0.3) is 5.91 Å². The standard InChI is InChI=1S/C13H11BrFNOS/c1-8(12-3-2-6-18-12)16-13(17)9-4-5-11(15)10(14)7-9/h2-8H,1H3,(H,16,17). The van der Waals surface area contributed by atoms with Gasteiger partial charge in [-0.1, -0.05) is 6.07 Å². The van der Waals surface area contributed by atoms with Crippen molar-refractivity contribution in [3.8, 4) is 0 Å². The van der Waals surface area contributed by atoms with E-state index in [1.165, 1.54) is 18.2 Å². The van der Waals surface area contributed by atoms with Crippen LogP contribution in [0.4, 0.5) is 4.39 Å². The van der Waals surface area contributed by atoms with Gasteiger partial charge in [0.1, 0.15) is 5.82 Å². The molecule has 0 aliphatic carbocycles. The first-order chi connectivity index (χ1) is 8.58. The Labute approximate surface area is 117 Å². The molecule has 0 aliphatic rings. The molecular formula is C13H11BrFNOS. The van der Waals surface area contributed by atoms with Crippen molar-refractivity contribution in [1.82, 2.24) is 5.32 Å². The van der Waals surface area contributed by atoms with Crippen LogP contribution in [0.3, 0.4) is 0 Å². The number of halogens is 2. The smallest absolute Gasteiger partial charge is 0.251 e. The quantitative estimate of drug-likeness (QED) is 0.901.